The molecular formula is C17H34O4. The first-order valence-corrected chi connectivity index (χ1v) is 8.24. The summed E-state index contributed by atoms with van der Waals surface area (Å²) >= 11 is 0. The van der Waals surface area contributed by atoms with Crippen LogP contribution in [0.1, 0.15) is 41.5 Å². The zero-order valence-corrected chi connectivity index (χ0v) is 14.8. The average molecular weight is 302 g/mol. The molecule has 5 atom stereocenters. The van der Waals surface area contributed by atoms with Gasteiger partial charge in [-0.15, -0.1) is 0 Å². The summed E-state index contributed by atoms with van der Waals surface area (Å²) in [6.07, 6.45) is 0.152. The van der Waals surface area contributed by atoms with E-state index in [1.807, 2.05) is 0 Å². The molecule has 4 nitrogen and oxygen atoms in total. The Labute approximate surface area is 130 Å². The molecule has 4 heteroatoms. The van der Waals surface area contributed by atoms with E-state index >= 15 is 0 Å². The van der Waals surface area contributed by atoms with E-state index in [4.69, 9.17) is 18.9 Å². The molecular weight excluding hydrogens is 268 g/mol. The molecule has 0 radical (unpaired) electrons. The normalized spacial score (nSPS) is 33.9. The van der Waals surface area contributed by atoms with E-state index in [-0.39, 0.29) is 24.4 Å². The van der Waals surface area contributed by atoms with Crippen LogP contribution in [0.15, 0.2) is 0 Å². The van der Waals surface area contributed by atoms with Crippen LogP contribution in [0.4, 0.5) is 0 Å². The van der Waals surface area contributed by atoms with Crippen LogP contribution in [0.3, 0.4) is 0 Å². The van der Waals surface area contributed by atoms with Crippen molar-refractivity contribution in [2.75, 3.05) is 26.9 Å². The molecule has 0 amide bonds. The predicted molar refractivity (Wildman–Crippen MR) is 84.5 cm³/mol. The molecule has 1 rings (SSSR count). The average Bonchev–Trinajstić information content (AvgIpc) is 2.37. The van der Waals surface area contributed by atoms with Gasteiger partial charge in [-0.2, -0.15) is 0 Å². The summed E-state index contributed by atoms with van der Waals surface area (Å²) in [6, 6.07) is 0. The second kappa shape index (κ2) is 9.09. The quantitative estimate of drug-likeness (QED) is 0.690. The molecule has 1 fully saturated rings. The van der Waals surface area contributed by atoms with Crippen molar-refractivity contribution >= 4 is 0 Å². The molecule has 0 bridgehead atoms. The van der Waals surface area contributed by atoms with Crippen LogP contribution in [0.25, 0.3) is 0 Å². The lowest BCUT2D eigenvalue weighted by atomic mass is 9.88. The Morgan fingerprint density at radius 3 is 2.10 bits per heavy atom. The third-order valence-corrected chi connectivity index (χ3v) is 3.88. The van der Waals surface area contributed by atoms with E-state index in [0.29, 0.717) is 24.4 Å². The highest BCUT2D eigenvalue weighted by Gasteiger charge is 2.42. The lowest BCUT2D eigenvalue weighted by Gasteiger charge is -2.44. The number of methoxy groups -OCH3 is 1. The van der Waals surface area contributed by atoms with Crippen LogP contribution in [-0.4, -0.2) is 51.3 Å². The SMILES string of the molecule is COC1C(COCC(C)C)OC(C)C(OCC(C)C)C1C. The summed E-state index contributed by atoms with van der Waals surface area (Å²) in [4.78, 5) is 0. The highest BCUT2D eigenvalue weighted by Crippen LogP contribution is 2.30. The van der Waals surface area contributed by atoms with Gasteiger partial charge in [0.1, 0.15) is 6.10 Å². The molecule has 0 spiro atoms. The predicted octanol–water partition coefficient (Wildman–Crippen LogP) is 3.14. The van der Waals surface area contributed by atoms with Crippen LogP contribution in [0.5, 0.6) is 0 Å². The second-order valence-electron chi connectivity index (χ2n) is 7.06. The first-order valence-electron chi connectivity index (χ1n) is 8.24. The Morgan fingerprint density at radius 2 is 1.57 bits per heavy atom. The Balaban J connectivity index is 2.58. The summed E-state index contributed by atoms with van der Waals surface area (Å²) in [5.41, 5.74) is 0. The smallest absolute Gasteiger partial charge is 0.108 e. The largest absolute Gasteiger partial charge is 0.378 e. The third-order valence-electron chi connectivity index (χ3n) is 3.88. The van der Waals surface area contributed by atoms with Gasteiger partial charge in [0.25, 0.3) is 0 Å². The van der Waals surface area contributed by atoms with Crippen molar-refractivity contribution in [3.05, 3.63) is 0 Å². The van der Waals surface area contributed by atoms with Gasteiger partial charge in [0.2, 0.25) is 0 Å². The standard InChI is InChI=1S/C17H34O4/c1-11(2)8-19-10-15-17(18-7)13(5)16(14(6)21-15)20-9-12(3)4/h11-17H,8-10H2,1-7H3. The third kappa shape index (κ3) is 5.85. The van der Waals surface area contributed by atoms with Crippen molar-refractivity contribution in [2.24, 2.45) is 17.8 Å². The number of ether oxygens (including phenoxy) is 4. The fraction of sp³-hybridized carbons (Fsp3) is 1.00. The Bertz CT molecular complexity index is 278. The first-order chi connectivity index (χ1) is 9.86. The molecule has 1 heterocycles. The van der Waals surface area contributed by atoms with E-state index in [0.717, 1.165) is 13.2 Å². The molecule has 0 aromatic rings. The topological polar surface area (TPSA) is 36.9 Å². The van der Waals surface area contributed by atoms with Crippen LogP contribution in [0, 0.1) is 17.8 Å². The zero-order valence-electron chi connectivity index (χ0n) is 14.8. The van der Waals surface area contributed by atoms with Crippen LogP contribution in [0.2, 0.25) is 0 Å². The summed E-state index contributed by atoms with van der Waals surface area (Å²) in [5.74, 6) is 1.36. The van der Waals surface area contributed by atoms with Gasteiger partial charge in [0.15, 0.2) is 0 Å². The number of hydrogen-bond donors (Lipinski definition) is 0. The molecule has 0 aliphatic carbocycles. The Hall–Kier alpha value is -0.160. The lowest BCUT2D eigenvalue weighted by molar-refractivity contribution is -0.225. The van der Waals surface area contributed by atoms with E-state index in [1.54, 1.807) is 7.11 Å². The van der Waals surface area contributed by atoms with Crippen molar-refractivity contribution in [2.45, 2.75) is 66.0 Å². The van der Waals surface area contributed by atoms with Crippen molar-refractivity contribution in [1.29, 1.82) is 0 Å². The van der Waals surface area contributed by atoms with Crippen LogP contribution in [-0.2, 0) is 18.9 Å². The van der Waals surface area contributed by atoms with Gasteiger partial charge < -0.3 is 18.9 Å². The van der Waals surface area contributed by atoms with Gasteiger partial charge in [0, 0.05) is 26.2 Å². The van der Waals surface area contributed by atoms with Crippen molar-refractivity contribution in [3.8, 4) is 0 Å². The minimum Gasteiger partial charge on any atom is -0.378 e. The van der Waals surface area contributed by atoms with Gasteiger partial charge in [-0.1, -0.05) is 34.6 Å². The molecule has 0 saturated carbocycles. The Kier molecular flexibility index (Phi) is 8.17. The minimum atomic E-state index is -0.0161. The molecule has 0 aromatic carbocycles. The summed E-state index contributed by atoms with van der Waals surface area (Å²) < 4.78 is 23.6. The molecule has 0 N–H and O–H groups in total. The summed E-state index contributed by atoms with van der Waals surface area (Å²) in [6.45, 7) is 15.0. The van der Waals surface area contributed by atoms with Crippen molar-refractivity contribution in [1.82, 2.24) is 0 Å². The fourth-order valence-corrected chi connectivity index (χ4v) is 2.89. The van der Waals surface area contributed by atoms with Gasteiger partial charge in [-0.05, 0) is 18.8 Å². The first kappa shape index (κ1) is 18.9. The maximum atomic E-state index is 6.11. The lowest BCUT2D eigenvalue weighted by Crippen LogP contribution is -2.55. The van der Waals surface area contributed by atoms with Crippen LogP contribution < -0.4 is 0 Å². The van der Waals surface area contributed by atoms with Crippen molar-refractivity contribution in [3.63, 3.8) is 0 Å². The molecule has 0 aromatic heterocycles. The zero-order chi connectivity index (χ0) is 16.0. The van der Waals surface area contributed by atoms with Crippen LogP contribution >= 0.6 is 0 Å². The van der Waals surface area contributed by atoms with E-state index in [1.165, 1.54) is 0 Å². The van der Waals surface area contributed by atoms with Crippen molar-refractivity contribution < 1.29 is 18.9 Å². The molecule has 21 heavy (non-hydrogen) atoms. The monoisotopic (exact) mass is 302 g/mol. The number of rotatable bonds is 8. The van der Waals surface area contributed by atoms with E-state index in [9.17, 15) is 0 Å². The minimum absolute atomic E-state index is 0.0161. The second-order valence-corrected chi connectivity index (χ2v) is 7.06. The molecule has 1 aliphatic rings. The van der Waals surface area contributed by atoms with E-state index < -0.39 is 0 Å². The highest BCUT2D eigenvalue weighted by atomic mass is 16.6. The molecule has 126 valence electrons. The van der Waals surface area contributed by atoms with E-state index in [2.05, 4.69) is 41.5 Å². The highest BCUT2D eigenvalue weighted by molar-refractivity contribution is 4.90. The number of hydrogen-bond acceptors (Lipinski definition) is 4. The van der Waals surface area contributed by atoms with Gasteiger partial charge >= 0.3 is 0 Å². The summed E-state index contributed by atoms with van der Waals surface area (Å²) in [5, 5.41) is 0. The van der Waals surface area contributed by atoms with Gasteiger partial charge in [-0.3, -0.25) is 0 Å². The molecule has 5 unspecified atom stereocenters. The summed E-state index contributed by atoms with van der Waals surface area (Å²) in [7, 11) is 1.75. The van der Waals surface area contributed by atoms with Gasteiger partial charge in [-0.25, -0.2) is 0 Å². The maximum Gasteiger partial charge on any atom is 0.108 e. The Morgan fingerprint density at radius 1 is 0.952 bits per heavy atom. The molecule has 1 aliphatic heterocycles. The fourth-order valence-electron chi connectivity index (χ4n) is 2.89. The van der Waals surface area contributed by atoms with Gasteiger partial charge in [0.05, 0.1) is 24.9 Å². The molecule has 1 saturated heterocycles. The maximum absolute atomic E-state index is 6.11.